The summed E-state index contributed by atoms with van der Waals surface area (Å²) in [5.74, 6) is -2.99. The summed E-state index contributed by atoms with van der Waals surface area (Å²) in [5, 5.41) is 47.6. The van der Waals surface area contributed by atoms with Crippen molar-refractivity contribution in [2.45, 2.75) is 19.8 Å². The number of rotatable bonds is 5. The largest absolute Gasteiger partial charge is 0.508 e. The number of unbranched alkanes of at least 4 members (excludes halogenated alkanes) is 1. The first-order valence-electron chi connectivity index (χ1n) is 10.9. The Kier molecular flexibility index (Phi) is 7.90. The number of aromatic hydroxyl groups is 5. The third-order valence-corrected chi connectivity index (χ3v) is 5.05. The molecular formula is C26H25NO9. The van der Waals surface area contributed by atoms with Gasteiger partial charge in [-0.15, -0.1) is 0 Å². The van der Waals surface area contributed by atoms with Gasteiger partial charge in [-0.2, -0.15) is 0 Å². The lowest BCUT2D eigenvalue weighted by Gasteiger charge is -2.08. The maximum absolute atomic E-state index is 12.1. The van der Waals surface area contributed by atoms with E-state index in [1.165, 1.54) is 6.07 Å². The lowest BCUT2D eigenvalue weighted by Crippen LogP contribution is -2.06. The van der Waals surface area contributed by atoms with Crippen LogP contribution in [0.2, 0.25) is 0 Å². The number of hydrogen-bond acceptors (Lipinski definition) is 10. The zero-order chi connectivity index (χ0) is 26.4. The normalized spacial score (nSPS) is 10.5. The molecule has 0 bridgehead atoms. The molecule has 0 spiro atoms. The highest BCUT2D eigenvalue weighted by Crippen LogP contribution is 2.37. The molecule has 0 atom stereocenters. The number of phenols is 4. The van der Waals surface area contributed by atoms with Gasteiger partial charge in [-0.25, -0.2) is 4.79 Å². The van der Waals surface area contributed by atoms with Crippen molar-refractivity contribution in [3.05, 3.63) is 70.4 Å². The Bertz CT molecular complexity index is 1440. The van der Waals surface area contributed by atoms with Crippen LogP contribution >= 0.6 is 0 Å². The molecule has 0 unspecified atom stereocenters. The smallest absolute Gasteiger partial charge is 0.338 e. The van der Waals surface area contributed by atoms with E-state index < -0.39 is 22.7 Å². The van der Waals surface area contributed by atoms with Crippen LogP contribution in [0.3, 0.4) is 0 Å². The zero-order valence-corrected chi connectivity index (χ0v) is 19.3. The van der Waals surface area contributed by atoms with Gasteiger partial charge in [-0.1, -0.05) is 13.3 Å². The maximum atomic E-state index is 12.1. The molecule has 4 aromatic rings. The van der Waals surface area contributed by atoms with Crippen molar-refractivity contribution >= 4 is 22.6 Å². The van der Waals surface area contributed by atoms with Crippen LogP contribution in [0.15, 0.2) is 63.8 Å². The Balaban J connectivity index is 0.000000223. The molecule has 0 aliphatic heterocycles. The van der Waals surface area contributed by atoms with Crippen molar-refractivity contribution in [2.24, 2.45) is 0 Å². The predicted octanol–water partition coefficient (Wildman–Crippen LogP) is 4.21. The van der Waals surface area contributed by atoms with Crippen LogP contribution in [-0.4, -0.2) is 38.1 Å². The van der Waals surface area contributed by atoms with E-state index in [1.54, 1.807) is 24.3 Å². The first-order valence-corrected chi connectivity index (χ1v) is 10.9. The van der Waals surface area contributed by atoms with E-state index in [2.05, 4.69) is 6.92 Å². The molecule has 10 heteroatoms. The highest BCUT2D eigenvalue weighted by molar-refractivity contribution is 5.90. The lowest BCUT2D eigenvalue weighted by atomic mass is 10.1. The van der Waals surface area contributed by atoms with Gasteiger partial charge in [0.25, 0.3) is 0 Å². The number of nitrogen functional groups attached to an aromatic ring is 1. The second-order valence-corrected chi connectivity index (χ2v) is 7.76. The second kappa shape index (κ2) is 11.0. The van der Waals surface area contributed by atoms with Gasteiger partial charge < -0.3 is 40.4 Å². The van der Waals surface area contributed by atoms with Crippen molar-refractivity contribution in [3.8, 4) is 40.1 Å². The minimum atomic E-state index is -0.888. The first-order chi connectivity index (χ1) is 17.1. The Morgan fingerprint density at radius 1 is 0.917 bits per heavy atom. The fourth-order valence-electron chi connectivity index (χ4n) is 3.15. The molecule has 3 aromatic carbocycles. The molecule has 0 aliphatic carbocycles. The van der Waals surface area contributed by atoms with E-state index in [4.69, 9.17) is 14.9 Å². The average Bonchev–Trinajstić information content (AvgIpc) is 2.83. The highest BCUT2D eigenvalue weighted by Gasteiger charge is 2.19. The van der Waals surface area contributed by atoms with Crippen LogP contribution in [0.25, 0.3) is 22.3 Å². The zero-order valence-electron chi connectivity index (χ0n) is 19.3. The van der Waals surface area contributed by atoms with E-state index >= 15 is 0 Å². The van der Waals surface area contributed by atoms with Gasteiger partial charge in [0.1, 0.15) is 22.5 Å². The molecule has 0 radical (unpaired) electrons. The molecule has 0 saturated carbocycles. The molecule has 1 heterocycles. The van der Waals surface area contributed by atoms with Crippen molar-refractivity contribution in [1.82, 2.24) is 0 Å². The van der Waals surface area contributed by atoms with Crippen molar-refractivity contribution in [2.75, 3.05) is 12.3 Å². The highest BCUT2D eigenvalue weighted by atomic mass is 16.5. The quantitative estimate of drug-likeness (QED) is 0.101. The number of hydrogen-bond donors (Lipinski definition) is 6. The van der Waals surface area contributed by atoms with E-state index in [-0.39, 0.29) is 39.8 Å². The topological polar surface area (TPSA) is 184 Å². The number of anilines is 1. The number of phenolic OH excluding ortho intramolecular Hbond substituents is 4. The van der Waals surface area contributed by atoms with Crippen molar-refractivity contribution in [1.29, 1.82) is 0 Å². The number of carbonyl (C=O) groups excluding carboxylic acids is 1. The van der Waals surface area contributed by atoms with Crippen LogP contribution in [0, 0.1) is 0 Å². The number of esters is 1. The van der Waals surface area contributed by atoms with Gasteiger partial charge in [0.15, 0.2) is 17.3 Å². The van der Waals surface area contributed by atoms with Gasteiger partial charge in [0.05, 0.1) is 12.2 Å². The first kappa shape index (κ1) is 25.8. The predicted molar refractivity (Wildman–Crippen MR) is 132 cm³/mol. The molecular weight excluding hydrogens is 470 g/mol. The molecule has 0 aliphatic rings. The molecule has 1 aromatic heterocycles. The van der Waals surface area contributed by atoms with Crippen LogP contribution in [0.5, 0.6) is 28.7 Å². The summed E-state index contributed by atoms with van der Waals surface area (Å²) in [5.41, 5.74) is 5.81. The maximum Gasteiger partial charge on any atom is 0.338 e. The summed E-state index contributed by atoms with van der Waals surface area (Å²) in [4.78, 5) is 23.5. The second-order valence-electron chi connectivity index (χ2n) is 7.76. The van der Waals surface area contributed by atoms with Gasteiger partial charge in [0, 0.05) is 23.4 Å². The summed E-state index contributed by atoms with van der Waals surface area (Å²) in [6, 6.07) is 12.4. The van der Waals surface area contributed by atoms with Gasteiger partial charge in [0.2, 0.25) is 11.2 Å². The number of ether oxygens (including phenoxy) is 1. The minimum absolute atomic E-state index is 0.134. The number of carbonyl (C=O) groups is 1. The monoisotopic (exact) mass is 495 g/mol. The van der Waals surface area contributed by atoms with E-state index in [9.17, 15) is 35.1 Å². The molecule has 0 amide bonds. The average molecular weight is 495 g/mol. The molecule has 7 N–H and O–H groups in total. The molecule has 10 nitrogen and oxygen atoms in total. The summed E-state index contributed by atoms with van der Waals surface area (Å²) in [6.07, 6.45) is 1.93. The lowest BCUT2D eigenvalue weighted by molar-refractivity contribution is 0.0499. The summed E-state index contributed by atoms with van der Waals surface area (Å²) >= 11 is 0. The number of fused-ring (bicyclic) bond motifs is 1. The van der Waals surface area contributed by atoms with Gasteiger partial charge in [-0.05, 0) is 48.9 Å². The van der Waals surface area contributed by atoms with Gasteiger partial charge in [-0.3, -0.25) is 4.79 Å². The Morgan fingerprint density at radius 2 is 1.61 bits per heavy atom. The van der Waals surface area contributed by atoms with Crippen molar-refractivity contribution in [3.63, 3.8) is 0 Å². The Hall–Kier alpha value is -4.86. The SMILES string of the molecule is CCCCOC(=O)c1ccc(N)cc1.O=c1c(O)c(-c2ccc(O)c(O)c2)oc2cc(O)cc(O)c12. The molecule has 188 valence electrons. The molecule has 4 rings (SSSR count). The minimum Gasteiger partial charge on any atom is -0.508 e. The molecule has 0 saturated heterocycles. The fraction of sp³-hybridized carbons (Fsp3) is 0.154. The third-order valence-electron chi connectivity index (χ3n) is 5.05. The van der Waals surface area contributed by atoms with Crippen molar-refractivity contribution < 1.29 is 39.5 Å². The number of nitrogens with two attached hydrogens (primary N) is 1. The molecule has 36 heavy (non-hydrogen) atoms. The van der Waals surface area contributed by atoms with E-state index in [0.717, 1.165) is 37.1 Å². The van der Waals surface area contributed by atoms with Gasteiger partial charge >= 0.3 is 5.97 Å². The summed E-state index contributed by atoms with van der Waals surface area (Å²) in [7, 11) is 0. The third kappa shape index (κ3) is 5.79. The van der Waals surface area contributed by atoms with Crippen LogP contribution < -0.4 is 11.2 Å². The Labute approximate surface area is 205 Å². The summed E-state index contributed by atoms with van der Waals surface area (Å²) < 4.78 is 10.4. The fourth-order valence-corrected chi connectivity index (χ4v) is 3.15. The number of benzene rings is 3. The standard InChI is InChI=1S/C15H10O7.C11H15NO2/c16-7-4-10(19)12-11(5-7)22-15(14(21)13(12)20)6-1-2-8(17)9(18)3-6;1-2-3-8-14-11(13)9-4-6-10(12)7-5-9/h1-5,16-19,21H;4-7H,2-3,8,12H2,1H3. The van der Waals surface area contributed by atoms with Crippen LogP contribution in [-0.2, 0) is 4.74 Å². The van der Waals surface area contributed by atoms with E-state index in [0.29, 0.717) is 17.9 Å². The van der Waals surface area contributed by atoms with Crippen LogP contribution in [0.4, 0.5) is 5.69 Å². The Morgan fingerprint density at radius 3 is 2.25 bits per heavy atom. The van der Waals surface area contributed by atoms with Crippen LogP contribution in [0.1, 0.15) is 30.1 Å². The van der Waals surface area contributed by atoms with E-state index in [1.807, 2.05) is 0 Å². The molecule has 0 fully saturated rings. The summed E-state index contributed by atoms with van der Waals surface area (Å²) in [6.45, 7) is 2.54.